The van der Waals surface area contributed by atoms with Crippen molar-refractivity contribution in [2.75, 3.05) is 13.7 Å². The number of benzene rings is 2. The largest absolute Gasteiger partial charge is 0.493 e. The van der Waals surface area contributed by atoms with E-state index in [0.29, 0.717) is 36.3 Å². The summed E-state index contributed by atoms with van der Waals surface area (Å²) in [6, 6.07) is 17.2. The summed E-state index contributed by atoms with van der Waals surface area (Å²) in [4.78, 5) is 0. The molecule has 22 heavy (non-hydrogen) atoms. The van der Waals surface area contributed by atoms with Crippen molar-refractivity contribution in [3.63, 3.8) is 0 Å². The van der Waals surface area contributed by atoms with Crippen LogP contribution in [0, 0.1) is 0 Å². The lowest BCUT2D eigenvalue weighted by Gasteiger charge is -2.08. The number of ether oxygens (including phenoxy) is 2. The number of nitrogens with zero attached hydrogens (tertiary/aromatic N) is 2. The van der Waals surface area contributed by atoms with E-state index >= 15 is 0 Å². The molecular weight excluding hydrogens is 280 g/mol. The van der Waals surface area contributed by atoms with Gasteiger partial charge in [-0.05, 0) is 24.3 Å². The number of hydrogen-bond donors (Lipinski definition) is 0. The molecule has 1 heterocycles. The van der Waals surface area contributed by atoms with Crippen LogP contribution in [0.2, 0.25) is 0 Å². The fraction of sp³-hybridized carbons (Fsp3) is 0.176. The minimum Gasteiger partial charge on any atom is -0.493 e. The average Bonchev–Trinajstić information content (AvgIpc) is 3.05. The summed E-state index contributed by atoms with van der Waals surface area (Å²) in [5, 5.41) is 8.09. The lowest BCUT2D eigenvalue weighted by atomic mass is 10.2. The molecule has 0 saturated heterocycles. The van der Waals surface area contributed by atoms with Gasteiger partial charge in [0.1, 0.15) is 0 Å². The van der Waals surface area contributed by atoms with Gasteiger partial charge in [-0.15, -0.1) is 10.2 Å². The van der Waals surface area contributed by atoms with Crippen LogP contribution in [0.5, 0.6) is 11.5 Å². The van der Waals surface area contributed by atoms with E-state index in [0.717, 1.165) is 5.56 Å². The van der Waals surface area contributed by atoms with Crippen LogP contribution in [0.25, 0.3) is 11.5 Å². The molecule has 5 nitrogen and oxygen atoms in total. The molecule has 3 rings (SSSR count). The van der Waals surface area contributed by atoms with E-state index in [4.69, 9.17) is 13.9 Å². The molecule has 0 bridgehead atoms. The fourth-order valence-corrected chi connectivity index (χ4v) is 2.04. The maximum atomic E-state index is 5.69. The quantitative estimate of drug-likeness (QED) is 0.698. The Kier molecular flexibility index (Phi) is 4.34. The zero-order valence-corrected chi connectivity index (χ0v) is 12.2. The zero-order valence-electron chi connectivity index (χ0n) is 12.2. The molecule has 0 aliphatic heterocycles. The van der Waals surface area contributed by atoms with Gasteiger partial charge in [0.25, 0.3) is 0 Å². The van der Waals surface area contributed by atoms with Crippen molar-refractivity contribution in [3.05, 3.63) is 60.5 Å². The van der Waals surface area contributed by atoms with E-state index in [1.54, 1.807) is 7.11 Å². The van der Waals surface area contributed by atoms with Crippen LogP contribution in [0.15, 0.2) is 59.0 Å². The van der Waals surface area contributed by atoms with Crippen LogP contribution >= 0.6 is 0 Å². The van der Waals surface area contributed by atoms with Gasteiger partial charge >= 0.3 is 0 Å². The van der Waals surface area contributed by atoms with Gasteiger partial charge in [0.15, 0.2) is 11.5 Å². The van der Waals surface area contributed by atoms with Crippen molar-refractivity contribution in [1.29, 1.82) is 0 Å². The number of para-hydroxylation sites is 2. The minimum absolute atomic E-state index is 0.441. The number of hydrogen-bond acceptors (Lipinski definition) is 5. The molecule has 0 radical (unpaired) electrons. The van der Waals surface area contributed by atoms with Crippen LogP contribution < -0.4 is 9.47 Å². The van der Waals surface area contributed by atoms with Crippen LogP contribution in [0.4, 0.5) is 0 Å². The van der Waals surface area contributed by atoms with E-state index in [1.165, 1.54) is 0 Å². The monoisotopic (exact) mass is 296 g/mol. The molecule has 1 aromatic heterocycles. The zero-order chi connectivity index (χ0) is 15.2. The SMILES string of the molecule is COc1ccccc1OCCc1nnc(-c2ccccc2)o1. The summed E-state index contributed by atoms with van der Waals surface area (Å²) in [6.45, 7) is 0.441. The summed E-state index contributed by atoms with van der Waals surface area (Å²) >= 11 is 0. The first kappa shape index (κ1) is 14.1. The van der Waals surface area contributed by atoms with E-state index in [2.05, 4.69) is 10.2 Å². The molecule has 0 aliphatic rings. The third-order valence-corrected chi connectivity index (χ3v) is 3.13. The number of aromatic nitrogens is 2. The highest BCUT2D eigenvalue weighted by Crippen LogP contribution is 2.26. The lowest BCUT2D eigenvalue weighted by Crippen LogP contribution is -2.02. The van der Waals surface area contributed by atoms with Crippen LogP contribution in [0.1, 0.15) is 5.89 Å². The molecule has 5 heteroatoms. The Labute approximate surface area is 128 Å². The van der Waals surface area contributed by atoms with E-state index in [-0.39, 0.29) is 0 Å². The molecule has 0 saturated carbocycles. The normalized spacial score (nSPS) is 10.4. The topological polar surface area (TPSA) is 57.4 Å². The third kappa shape index (κ3) is 3.25. The van der Waals surface area contributed by atoms with Gasteiger partial charge in [0.2, 0.25) is 11.8 Å². The number of methoxy groups -OCH3 is 1. The van der Waals surface area contributed by atoms with E-state index in [9.17, 15) is 0 Å². The summed E-state index contributed by atoms with van der Waals surface area (Å²) in [5.74, 6) is 2.48. The molecule has 0 amide bonds. The molecule has 0 aliphatic carbocycles. The predicted molar refractivity (Wildman–Crippen MR) is 81.9 cm³/mol. The van der Waals surface area contributed by atoms with Crippen molar-refractivity contribution < 1.29 is 13.9 Å². The van der Waals surface area contributed by atoms with Crippen LogP contribution in [0.3, 0.4) is 0 Å². The Morgan fingerprint density at radius 2 is 1.64 bits per heavy atom. The smallest absolute Gasteiger partial charge is 0.247 e. The van der Waals surface area contributed by atoms with Crippen molar-refractivity contribution in [1.82, 2.24) is 10.2 Å². The Morgan fingerprint density at radius 1 is 0.909 bits per heavy atom. The Hall–Kier alpha value is -2.82. The summed E-state index contributed by atoms with van der Waals surface area (Å²) in [6.07, 6.45) is 0.540. The molecule has 0 fully saturated rings. The summed E-state index contributed by atoms with van der Waals surface area (Å²) < 4.78 is 16.6. The van der Waals surface area contributed by atoms with Gasteiger partial charge < -0.3 is 13.9 Å². The van der Waals surface area contributed by atoms with E-state index < -0.39 is 0 Å². The second kappa shape index (κ2) is 6.76. The Bertz CT molecular complexity index is 726. The van der Waals surface area contributed by atoms with Crippen molar-refractivity contribution in [3.8, 4) is 23.0 Å². The first-order valence-electron chi connectivity index (χ1n) is 7.00. The second-order valence-corrected chi connectivity index (χ2v) is 4.62. The maximum Gasteiger partial charge on any atom is 0.247 e. The molecule has 112 valence electrons. The predicted octanol–water partition coefficient (Wildman–Crippen LogP) is 3.37. The molecule has 0 unspecified atom stereocenters. The number of rotatable bonds is 6. The van der Waals surface area contributed by atoms with Gasteiger partial charge in [-0.25, -0.2) is 0 Å². The maximum absolute atomic E-state index is 5.69. The Morgan fingerprint density at radius 3 is 2.41 bits per heavy atom. The van der Waals surface area contributed by atoms with Gasteiger partial charge in [-0.3, -0.25) is 0 Å². The van der Waals surface area contributed by atoms with E-state index in [1.807, 2.05) is 54.6 Å². The molecule has 0 atom stereocenters. The average molecular weight is 296 g/mol. The fourth-order valence-electron chi connectivity index (χ4n) is 2.04. The van der Waals surface area contributed by atoms with Crippen molar-refractivity contribution >= 4 is 0 Å². The Balaban J connectivity index is 1.60. The molecule has 0 spiro atoms. The third-order valence-electron chi connectivity index (χ3n) is 3.13. The van der Waals surface area contributed by atoms with Gasteiger partial charge in [-0.1, -0.05) is 30.3 Å². The molecule has 2 aromatic carbocycles. The van der Waals surface area contributed by atoms with Crippen molar-refractivity contribution in [2.45, 2.75) is 6.42 Å². The van der Waals surface area contributed by atoms with Gasteiger partial charge in [0.05, 0.1) is 20.1 Å². The van der Waals surface area contributed by atoms with Crippen LogP contribution in [-0.2, 0) is 6.42 Å². The first-order chi connectivity index (χ1) is 10.9. The summed E-state index contributed by atoms with van der Waals surface area (Å²) in [7, 11) is 1.62. The van der Waals surface area contributed by atoms with Crippen LogP contribution in [-0.4, -0.2) is 23.9 Å². The highest BCUT2D eigenvalue weighted by molar-refractivity contribution is 5.51. The minimum atomic E-state index is 0.441. The van der Waals surface area contributed by atoms with Gasteiger partial charge in [0, 0.05) is 5.56 Å². The standard InChI is InChI=1S/C17H16N2O3/c1-20-14-9-5-6-10-15(14)21-12-11-16-18-19-17(22-16)13-7-3-2-4-8-13/h2-10H,11-12H2,1H3. The molecule has 0 N–H and O–H groups in total. The summed E-state index contributed by atoms with van der Waals surface area (Å²) in [5.41, 5.74) is 0.909. The molecule has 3 aromatic rings. The highest BCUT2D eigenvalue weighted by Gasteiger charge is 2.09. The van der Waals surface area contributed by atoms with Gasteiger partial charge in [-0.2, -0.15) is 0 Å². The first-order valence-corrected chi connectivity index (χ1v) is 7.00. The lowest BCUT2D eigenvalue weighted by molar-refractivity contribution is 0.287. The molecular formula is C17H16N2O3. The van der Waals surface area contributed by atoms with Crippen molar-refractivity contribution in [2.24, 2.45) is 0 Å². The second-order valence-electron chi connectivity index (χ2n) is 4.62. The highest BCUT2D eigenvalue weighted by atomic mass is 16.5.